The van der Waals surface area contributed by atoms with Crippen molar-refractivity contribution in [3.05, 3.63) is 59.9 Å². The van der Waals surface area contributed by atoms with Gasteiger partial charge in [-0.05, 0) is 48.2 Å². The van der Waals surface area contributed by atoms with Crippen LogP contribution in [0.1, 0.15) is 31.2 Å². The van der Waals surface area contributed by atoms with Crippen LogP contribution in [0.25, 0.3) is 11.1 Å². The molecular formula is C23H27FN2O2. The van der Waals surface area contributed by atoms with Crippen molar-refractivity contribution in [3.8, 4) is 11.1 Å². The number of hydrogen-bond donors (Lipinski definition) is 1. The molecule has 0 radical (unpaired) electrons. The molecule has 2 saturated heterocycles. The first-order chi connectivity index (χ1) is 13.6. The van der Waals surface area contributed by atoms with Gasteiger partial charge in [0.1, 0.15) is 5.82 Å². The molecule has 0 spiro atoms. The lowest BCUT2D eigenvalue weighted by molar-refractivity contribution is -0.134. The zero-order chi connectivity index (χ0) is 19.7. The van der Waals surface area contributed by atoms with Crippen molar-refractivity contribution >= 4 is 5.91 Å². The smallest absolute Gasteiger partial charge is 0.219 e. The van der Waals surface area contributed by atoms with Gasteiger partial charge in [0.2, 0.25) is 5.91 Å². The largest absolute Gasteiger partial charge is 0.395 e. The normalized spacial score (nSPS) is 25.4. The molecule has 2 aromatic carbocycles. The van der Waals surface area contributed by atoms with Crippen LogP contribution in [0.5, 0.6) is 0 Å². The Morgan fingerprint density at radius 2 is 1.64 bits per heavy atom. The van der Waals surface area contributed by atoms with E-state index in [4.69, 9.17) is 0 Å². The molecule has 1 N–H and O–H groups in total. The molecule has 0 saturated carbocycles. The molecule has 2 aliphatic rings. The molecule has 3 atom stereocenters. The SMILES string of the molecule is CC(=O)N1CCCCN2[C@H](C1)[C@@H](c1ccc(-c3ccc(F)cc3)cc1)[C@@H]2CO. The lowest BCUT2D eigenvalue weighted by Crippen LogP contribution is -2.67. The Kier molecular flexibility index (Phi) is 5.47. The van der Waals surface area contributed by atoms with E-state index in [2.05, 4.69) is 29.2 Å². The van der Waals surface area contributed by atoms with E-state index >= 15 is 0 Å². The first kappa shape index (κ1) is 19.1. The van der Waals surface area contributed by atoms with Crippen molar-refractivity contribution in [2.24, 2.45) is 0 Å². The molecule has 0 bridgehead atoms. The topological polar surface area (TPSA) is 43.8 Å². The Bertz CT molecular complexity index is 822. The number of carbonyl (C=O) groups is 1. The molecule has 0 aromatic heterocycles. The molecule has 2 fully saturated rings. The van der Waals surface area contributed by atoms with Crippen LogP contribution in [0.3, 0.4) is 0 Å². The Balaban J connectivity index is 1.57. The van der Waals surface area contributed by atoms with Gasteiger partial charge in [-0.3, -0.25) is 9.69 Å². The molecule has 0 aliphatic carbocycles. The standard InChI is InChI=1S/C23H27FN2O2/c1-16(28)25-12-2-3-13-26-21(14-25)23(22(26)15-27)19-6-4-17(5-7-19)18-8-10-20(24)11-9-18/h4-11,21-23,27H,2-3,12-15H2,1H3/t21-,22+,23-/m1/s1. The number of halogens is 1. The predicted molar refractivity (Wildman–Crippen MR) is 107 cm³/mol. The Hall–Kier alpha value is -2.24. The van der Waals surface area contributed by atoms with Gasteiger partial charge < -0.3 is 10.0 Å². The number of nitrogens with zero attached hydrogens (tertiary/aromatic N) is 2. The van der Waals surface area contributed by atoms with Crippen LogP contribution in [0.4, 0.5) is 4.39 Å². The molecule has 4 nitrogen and oxygen atoms in total. The fraction of sp³-hybridized carbons (Fsp3) is 0.435. The van der Waals surface area contributed by atoms with Gasteiger partial charge in [0, 0.05) is 38.0 Å². The highest BCUT2D eigenvalue weighted by Gasteiger charge is 2.49. The fourth-order valence-electron chi connectivity index (χ4n) is 4.77. The zero-order valence-electron chi connectivity index (χ0n) is 16.2. The average Bonchev–Trinajstić information content (AvgIpc) is 2.67. The first-order valence-electron chi connectivity index (χ1n) is 10.1. The van der Waals surface area contributed by atoms with E-state index in [0.29, 0.717) is 0 Å². The number of benzene rings is 2. The molecule has 2 aromatic rings. The molecule has 2 heterocycles. The highest BCUT2D eigenvalue weighted by Crippen LogP contribution is 2.42. The van der Waals surface area contributed by atoms with Gasteiger partial charge in [-0.25, -0.2) is 4.39 Å². The van der Waals surface area contributed by atoms with Crippen molar-refractivity contribution in [2.75, 3.05) is 26.2 Å². The van der Waals surface area contributed by atoms with Gasteiger partial charge in [-0.2, -0.15) is 0 Å². The minimum atomic E-state index is -0.236. The number of fused-ring (bicyclic) bond motifs is 1. The minimum Gasteiger partial charge on any atom is -0.395 e. The maximum Gasteiger partial charge on any atom is 0.219 e. The van der Waals surface area contributed by atoms with Crippen molar-refractivity contribution in [3.63, 3.8) is 0 Å². The average molecular weight is 382 g/mol. The van der Waals surface area contributed by atoms with Crippen LogP contribution < -0.4 is 0 Å². The number of carbonyl (C=O) groups excluding carboxylic acids is 1. The molecule has 148 valence electrons. The van der Waals surface area contributed by atoms with E-state index in [-0.39, 0.29) is 36.3 Å². The van der Waals surface area contributed by atoms with Gasteiger partial charge in [-0.1, -0.05) is 36.4 Å². The van der Waals surface area contributed by atoms with Gasteiger partial charge >= 0.3 is 0 Å². The number of aliphatic hydroxyl groups is 1. The molecule has 5 heteroatoms. The Morgan fingerprint density at radius 3 is 2.25 bits per heavy atom. The van der Waals surface area contributed by atoms with E-state index in [1.54, 1.807) is 19.1 Å². The summed E-state index contributed by atoms with van der Waals surface area (Å²) in [4.78, 5) is 16.3. The third-order valence-electron chi connectivity index (χ3n) is 6.29. The molecule has 1 amide bonds. The monoisotopic (exact) mass is 382 g/mol. The number of amides is 1. The quantitative estimate of drug-likeness (QED) is 0.886. The van der Waals surface area contributed by atoms with E-state index in [1.165, 1.54) is 17.7 Å². The molecule has 2 aliphatic heterocycles. The second kappa shape index (κ2) is 8.02. The zero-order valence-corrected chi connectivity index (χ0v) is 16.2. The maximum absolute atomic E-state index is 13.2. The van der Waals surface area contributed by atoms with Crippen LogP contribution in [-0.4, -0.2) is 59.1 Å². The third-order valence-corrected chi connectivity index (χ3v) is 6.29. The first-order valence-corrected chi connectivity index (χ1v) is 10.1. The fourth-order valence-corrected chi connectivity index (χ4v) is 4.77. The second-order valence-corrected chi connectivity index (χ2v) is 7.88. The van der Waals surface area contributed by atoms with Crippen LogP contribution in [0.2, 0.25) is 0 Å². The summed E-state index contributed by atoms with van der Waals surface area (Å²) >= 11 is 0. The summed E-state index contributed by atoms with van der Waals surface area (Å²) in [5.74, 6) is 0.104. The number of aliphatic hydroxyl groups excluding tert-OH is 1. The highest BCUT2D eigenvalue weighted by molar-refractivity contribution is 5.73. The summed E-state index contributed by atoms with van der Waals surface area (Å²) < 4.78 is 13.2. The van der Waals surface area contributed by atoms with E-state index in [1.807, 2.05) is 4.90 Å². The van der Waals surface area contributed by atoms with Gasteiger partial charge in [0.25, 0.3) is 0 Å². The van der Waals surface area contributed by atoms with Crippen molar-refractivity contribution in [1.82, 2.24) is 9.80 Å². The summed E-state index contributed by atoms with van der Waals surface area (Å²) in [6.45, 7) is 4.28. The van der Waals surface area contributed by atoms with Gasteiger partial charge in [0.15, 0.2) is 0 Å². The van der Waals surface area contributed by atoms with Crippen LogP contribution in [-0.2, 0) is 4.79 Å². The minimum absolute atomic E-state index is 0.105. The molecule has 0 unspecified atom stereocenters. The Morgan fingerprint density at radius 1 is 1.04 bits per heavy atom. The summed E-state index contributed by atoms with van der Waals surface area (Å²) in [7, 11) is 0. The van der Waals surface area contributed by atoms with Crippen molar-refractivity contribution in [2.45, 2.75) is 37.8 Å². The molecular weight excluding hydrogens is 355 g/mol. The van der Waals surface area contributed by atoms with Crippen molar-refractivity contribution in [1.29, 1.82) is 0 Å². The van der Waals surface area contributed by atoms with Gasteiger partial charge in [-0.15, -0.1) is 0 Å². The van der Waals surface area contributed by atoms with E-state index in [0.717, 1.165) is 43.6 Å². The van der Waals surface area contributed by atoms with Gasteiger partial charge in [0.05, 0.1) is 6.61 Å². The summed E-state index contributed by atoms with van der Waals surface area (Å²) in [5, 5.41) is 9.99. The van der Waals surface area contributed by atoms with Crippen LogP contribution in [0, 0.1) is 5.82 Å². The lowest BCUT2D eigenvalue weighted by atomic mass is 9.74. The predicted octanol–water partition coefficient (Wildman–Crippen LogP) is 3.26. The second-order valence-electron chi connectivity index (χ2n) is 7.88. The number of hydrogen-bond acceptors (Lipinski definition) is 3. The lowest BCUT2D eigenvalue weighted by Gasteiger charge is -2.57. The summed E-state index contributed by atoms with van der Waals surface area (Å²) in [5.41, 5.74) is 3.22. The van der Waals surface area contributed by atoms with Crippen LogP contribution >= 0.6 is 0 Å². The molecule has 28 heavy (non-hydrogen) atoms. The van der Waals surface area contributed by atoms with E-state index < -0.39 is 0 Å². The third kappa shape index (κ3) is 3.56. The maximum atomic E-state index is 13.2. The summed E-state index contributed by atoms with van der Waals surface area (Å²) in [6.07, 6.45) is 2.06. The molecule has 4 rings (SSSR count). The van der Waals surface area contributed by atoms with Crippen molar-refractivity contribution < 1.29 is 14.3 Å². The highest BCUT2D eigenvalue weighted by atomic mass is 19.1. The van der Waals surface area contributed by atoms with E-state index in [9.17, 15) is 14.3 Å². The summed E-state index contributed by atoms with van der Waals surface area (Å²) in [6, 6.07) is 15.2. The number of rotatable bonds is 3. The van der Waals surface area contributed by atoms with Crippen LogP contribution in [0.15, 0.2) is 48.5 Å². The Labute approximate surface area is 165 Å².